The van der Waals surface area contributed by atoms with Gasteiger partial charge < -0.3 is 30.4 Å². The zero-order valence-corrected chi connectivity index (χ0v) is 27.8. The first kappa shape index (κ1) is 32.4. The van der Waals surface area contributed by atoms with Crippen LogP contribution in [0.3, 0.4) is 0 Å². The minimum absolute atomic E-state index is 0.354. The van der Waals surface area contributed by atoms with Crippen molar-refractivity contribution in [1.82, 2.24) is 0 Å². The number of alkyl halides is 3. The first-order valence-corrected chi connectivity index (χ1v) is 18.7. The van der Waals surface area contributed by atoms with Crippen molar-refractivity contribution in [2.24, 2.45) is 0 Å². The minimum atomic E-state index is -3.92. The largest absolute Gasteiger partial charge is 0.529 e. The number of benzene rings is 3. The highest BCUT2D eigenvalue weighted by Gasteiger charge is 2.61. The van der Waals surface area contributed by atoms with Crippen molar-refractivity contribution < 1.29 is 30.4 Å². The van der Waals surface area contributed by atoms with E-state index in [2.05, 4.69) is 0 Å². The minimum Gasteiger partial charge on any atom is -0.374 e. The van der Waals surface area contributed by atoms with E-state index in [0.717, 1.165) is 16.7 Å². The zero-order chi connectivity index (χ0) is 28.5. The van der Waals surface area contributed by atoms with Gasteiger partial charge in [-0.25, -0.2) is 0 Å². The summed E-state index contributed by atoms with van der Waals surface area (Å²) in [6.07, 6.45) is 0. The molecule has 13 heteroatoms. The summed E-state index contributed by atoms with van der Waals surface area (Å²) in [5, 5.41) is 2.08. The molecule has 0 saturated heterocycles. The molecule has 0 aliphatic rings. The van der Waals surface area contributed by atoms with Crippen LogP contribution in [-0.4, -0.2) is 62.0 Å². The van der Waals surface area contributed by atoms with Crippen LogP contribution in [0.5, 0.6) is 0 Å². The summed E-state index contributed by atoms with van der Waals surface area (Å²) < 4.78 is 44.1. The maximum absolute atomic E-state index is 6.89. The average Bonchev–Trinajstić information content (AvgIpc) is 3.02. The molecule has 3 aromatic carbocycles. The van der Waals surface area contributed by atoms with E-state index in [1.807, 2.05) is 72.8 Å². The number of halogens is 3. The molecular formula is C26H33Cl3O7Si3. The molecule has 0 aromatic heterocycles. The third-order valence-electron chi connectivity index (χ3n) is 6.27. The fraction of sp³-hybridized carbons (Fsp3) is 0.308. The van der Waals surface area contributed by atoms with Crippen LogP contribution in [0.2, 0.25) is 0 Å². The van der Waals surface area contributed by atoms with Gasteiger partial charge in [0.15, 0.2) is 0 Å². The van der Waals surface area contributed by atoms with E-state index in [1.165, 1.54) is 7.11 Å². The van der Waals surface area contributed by atoms with Crippen LogP contribution in [0, 0.1) is 0 Å². The summed E-state index contributed by atoms with van der Waals surface area (Å²) in [5.74, 6) is 1.11. The van der Waals surface area contributed by atoms with E-state index in [9.17, 15) is 0 Å². The summed E-state index contributed by atoms with van der Waals surface area (Å²) in [5.41, 5.74) is 2.82. The monoisotopic (exact) mass is 646 g/mol. The molecule has 39 heavy (non-hydrogen) atoms. The molecule has 212 valence electrons. The Labute approximate surface area is 248 Å². The van der Waals surface area contributed by atoms with Gasteiger partial charge in [0.1, 0.15) is 0 Å². The summed E-state index contributed by atoms with van der Waals surface area (Å²) in [6, 6.07) is 22.7. The van der Waals surface area contributed by atoms with Crippen molar-refractivity contribution in [3.05, 3.63) is 89.5 Å². The molecule has 7 nitrogen and oxygen atoms in total. The topological polar surface area (TPSA) is 64.6 Å². The molecular weight excluding hydrogens is 615 g/mol. The number of rotatable bonds is 15. The van der Waals surface area contributed by atoms with Gasteiger partial charge in [0.05, 0.1) is 0 Å². The molecule has 0 aliphatic carbocycles. The van der Waals surface area contributed by atoms with Crippen LogP contribution in [0.15, 0.2) is 72.8 Å². The molecule has 0 radical (unpaired) electrons. The highest BCUT2D eigenvalue weighted by Crippen LogP contribution is 2.25. The Morgan fingerprint density at radius 1 is 0.410 bits per heavy atom. The van der Waals surface area contributed by atoms with Gasteiger partial charge in [-0.05, 0) is 16.7 Å². The van der Waals surface area contributed by atoms with Crippen molar-refractivity contribution >= 4 is 76.8 Å². The van der Waals surface area contributed by atoms with Crippen molar-refractivity contribution in [1.29, 1.82) is 0 Å². The van der Waals surface area contributed by atoms with Crippen LogP contribution in [0.1, 0.15) is 16.7 Å². The molecule has 3 aromatic rings. The Kier molecular flexibility index (Phi) is 12.2. The van der Waals surface area contributed by atoms with Gasteiger partial charge in [-0.2, -0.15) is 0 Å². The van der Waals surface area contributed by atoms with Gasteiger partial charge >= 0.3 is 26.4 Å². The molecule has 0 atom stereocenters. The second-order valence-corrected chi connectivity index (χ2v) is 17.9. The highest BCUT2D eigenvalue weighted by atomic mass is 35.5. The van der Waals surface area contributed by atoms with Gasteiger partial charge in [0, 0.05) is 68.7 Å². The fourth-order valence-electron chi connectivity index (χ4n) is 4.01. The molecule has 0 unspecified atom stereocenters. The predicted octanol–water partition coefficient (Wildman–Crippen LogP) is 4.01. The lowest BCUT2D eigenvalue weighted by atomic mass is 10.2. The van der Waals surface area contributed by atoms with Gasteiger partial charge in [0.25, 0.3) is 0 Å². The molecule has 0 fully saturated rings. The lowest BCUT2D eigenvalue weighted by Gasteiger charge is -2.40. The predicted molar refractivity (Wildman–Crippen MR) is 161 cm³/mol. The van der Waals surface area contributed by atoms with E-state index in [1.54, 1.807) is 28.4 Å². The van der Waals surface area contributed by atoms with Gasteiger partial charge in [-0.3, -0.25) is 0 Å². The smallest absolute Gasteiger partial charge is 0.374 e. The highest BCUT2D eigenvalue weighted by molar-refractivity contribution is 6.93. The standard InChI is InChI=1S/C26H33Cl3O7Si3/c1-30-37(31-2,24-12-6-21(18-27)7-13-24)35-39(34-5,26-16-10-23(20-29)11-17-26)36-38(32-3,33-4)25-14-8-22(19-28)9-15-25/h6-17H,18-20H2,1-5H3. The van der Waals surface area contributed by atoms with Crippen LogP contribution in [0.25, 0.3) is 0 Å². The third-order valence-corrected chi connectivity index (χ3v) is 17.3. The molecule has 0 saturated carbocycles. The van der Waals surface area contributed by atoms with Crippen LogP contribution < -0.4 is 15.6 Å². The molecule has 0 aliphatic heterocycles. The van der Waals surface area contributed by atoms with E-state index in [4.69, 9.17) is 65.2 Å². The third kappa shape index (κ3) is 7.04. The molecule has 3 rings (SSSR count). The Morgan fingerprint density at radius 3 is 0.846 bits per heavy atom. The van der Waals surface area contributed by atoms with Crippen LogP contribution in [0.4, 0.5) is 0 Å². The Hall–Kier alpha value is -1.10. The average molecular weight is 648 g/mol. The van der Waals surface area contributed by atoms with E-state index < -0.39 is 26.4 Å². The molecule has 0 bridgehead atoms. The van der Waals surface area contributed by atoms with E-state index in [0.29, 0.717) is 33.2 Å². The second-order valence-electron chi connectivity index (χ2n) is 8.38. The van der Waals surface area contributed by atoms with E-state index >= 15 is 0 Å². The lowest BCUT2D eigenvalue weighted by molar-refractivity contribution is 0.0919. The normalized spacial score (nSPS) is 12.6. The van der Waals surface area contributed by atoms with Crippen molar-refractivity contribution in [3.8, 4) is 0 Å². The fourth-order valence-corrected chi connectivity index (χ4v) is 15.0. The summed E-state index contributed by atoms with van der Waals surface area (Å²) in [7, 11) is -3.47. The Bertz CT molecular complexity index is 1100. The van der Waals surface area contributed by atoms with Crippen molar-refractivity contribution in [2.75, 3.05) is 35.5 Å². The molecule has 0 amide bonds. The number of hydrogen-bond donors (Lipinski definition) is 0. The van der Waals surface area contributed by atoms with Gasteiger partial charge in [0.2, 0.25) is 0 Å². The van der Waals surface area contributed by atoms with E-state index in [-0.39, 0.29) is 0 Å². The first-order chi connectivity index (χ1) is 18.8. The second kappa shape index (κ2) is 14.7. The summed E-state index contributed by atoms with van der Waals surface area (Å²) in [6.45, 7) is 0. The molecule has 0 N–H and O–H groups in total. The van der Waals surface area contributed by atoms with Gasteiger partial charge in [-0.15, -0.1) is 34.8 Å². The van der Waals surface area contributed by atoms with Crippen molar-refractivity contribution in [2.45, 2.75) is 17.6 Å². The maximum atomic E-state index is 6.89. The summed E-state index contributed by atoms with van der Waals surface area (Å²) in [4.78, 5) is 0. The number of hydrogen-bond acceptors (Lipinski definition) is 7. The lowest BCUT2D eigenvalue weighted by Crippen LogP contribution is -2.73. The van der Waals surface area contributed by atoms with Crippen LogP contribution in [-0.2, 0) is 48.0 Å². The Balaban J connectivity index is 2.21. The van der Waals surface area contributed by atoms with Crippen LogP contribution >= 0.6 is 34.8 Å². The van der Waals surface area contributed by atoms with Crippen molar-refractivity contribution in [3.63, 3.8) is 0 Å². The first-order valence-electron chi connectivity index (χ1n) is 12.0. The van der Waals surface area contributed by atoms with Gasteiger partial charge in [-0.1, -0.05) is 72.8 Å². The molecule has 0 heterocycles. The SMILES string of the molecule is CO[Si](OC)(O[Si](OC)(O[Si](OC)(OC)c1ccc(CCl)cc1)c1ccc(CCl)cc1)c1ccc(CCl)cc1. The summed E-state index contributed by atoms with van der Waals surface area (Å²) >= 11 is 18.1. The maximum Gasteiger partial charge on any atom is 0.529 e. The Morgan fingerprint density at radius 2 is 0.641 bits per heavy atom. The zero-order valence-electron chi connectivity index (χ0n) is 22.5. The quantitative estimate of drug-likeness (QED) is 0.183. The molecule has 0 spiro atoms.